The van der Waals surface area contributed by atoms with Gasteiger partial charge in [-0.2, -0.15) is 0 Å². The van der Waals surface area contributed by atoms with Crippen molar-refractivity contribution in [1.82, 2.24) is 19.9 Å². The van der Waals surface area contributed by atoms with Crippen molar-refractivity contribution in [2.24, 2.45) is 0 Å². The summed E-state index contributed by atoms with van der Waals surface area (Å²) in [5, 5.41) is 1.30. The van der Waals surface area contributed by atoms with E-state index in [1.807, 2.05) is 12.4 Å². The first kappa shape index (κ1) is 18.4. The van der Waals surface area contributed by atoms with Crippen LogP contribution < -0.4 is 0 Å². The molecule has 0 aliphatic rings. The van der Waals surface area contributed by atoms with Gasteiger partial charge in [-0.05, 0) is 41.8 Å². The third kappa shape index (κ3) is 3.82. The van der Waals surface area contributed by atoms with Crippen LogP contribution in [0, 0.1) is 0 Å². The molecule has 4 aromatic rings. The molecule has 2 aromatic heterocycles. The Bertz CT molecular complexity index is 1040. The molecule has 4 nitrogen and oxygen atoms in total. The molecule has 0 saturated carbocycles. The van der Waals surface area contributed by atoms with Gasteiger partial charge in [0, 0.05) is 47.6 Å². The number of fused-ring (bicyclic) bond motifs is 1. The second kappa shape index (κ2) is 8.36. The smallest absolute Gasteiger partial charge is 0.115 e. The molecule has 0 bridgehead atoms. The van der Waals surface area contributed by atoms with E-state index >= 15 is 0 Å². The van der Waals surface area contributed by atoms with Crippen molar-refractivity contribution in [1.29, 1.82) is 0 Å². The quantitative estimate of drug-likeness (QED) is 0.486. The molecular weight excluding hydrogens is 344 g/mol. The third-order valence-corrected chi connectivity index (χ3v) is 5.32. The molecular formula is C24H26N4. The fraction of sp³-hybridized carbons (Fsp3) is 0.250. The first-order valence-corrected chi connectivity index (χ1v) is 9.93. The van der Waals surface area contributed by atoms with Gasteiger partial charge in [-0.3, -0.25) is 4.90 Å². The van der Waals surface area contributed by atoms with Crippen molar-refractivity contribution < 1.29 is 0 Å². The van der Waals surface area contributed by atoms with E-state index < -0.39 is 0 Å². The predicted octanol–water partition coefficient (Wildman–Crippen LogP) is 5.21. The zero-order valence-electron chi connectivity index (χ0n) is 16.5. The van der Waals surface area contributed by atoms with Crippen LogP contribution in [-0.2, 0) is 19.5 Å². The average molecular weight is 371 g/mol. The summed E-state index contributed by atoms with van der Waals surface area (Å²) < 4.78 is 0. The lowest BCUT2D eigenvalue weighted by molar-refractivity contribution is 0.271. The number of H-pyrrole nitrogens is 1. The summed E-state index contributed by atoms with van der Waals surface area (Å²) in [5.41, 5.74) is 7.47. The largest absolute Gasteiger partial charge is 0.358 e. The number of benzene rings is 2. The molecule has 2 heterocycles. The van der Waals surface area contributed by atoms with Crippen molar-refractivity contribution in [3.8, 4) is 11.1 Å². The normalized spacial score (nSPS) is 11.4. The van der Waals surface area contributed by atoms with Gasteiger partial charge in [0.05, 0.1) is 0 Å². The highest BCUT2D eigenvalue weighted by Crippen LogP contribution is 2.29. The first-order valence-electron chi connectivity index (χ1n) is 9.93. The molecule has 4 rings (SSSR count). The third-order valence-electron chi connectivity index (χ3n) is 5.32. The lowest BCUT2D eigenvalue weighted by Crippen LogP contribution is -2.22. The second-order valence-corrected chi connectivity index (χ2v) is 7.11. The number of nitrogens with one attached hydrogen (secondary N) is 1. The van der Waals surface area contributed by atoms with Crippen LogP contribution in [0.25, 0.3) is 22.0 Å². The minimum Gasteiger partial charge on any atom is -0.358 e. The topological polar surface area (TPSA) is 44.8 Å². The SMILES string of the molecule is CCc1[nH]c2ccc(-c3cncnc3)cc2c1CN(CC)Cc1ccccc1. The zero-order chi connectivity index (χ0) is 19.3. The van der Waals surface area contributed by atoms with Crippen molar-refractivity contribution in [2.75, 3.05) is 6.54 Å². The van der Waals surface area contributed by atoms with Gasteiger partial charge in [0.1, 0.15) is 6.33 Å². The summed E-state index contributed by atoms with van der Waals surface area (Å²) in [6.45, 7) is 7.35. The Hall–Kier alpha value is -2.98. The Morgan fingerprint density at radius 3 is 2.39 bits per heavy atom. The van der Waals surface area contributed by atoms with E-state index in [2.05, 4.69) is 82.2 Å². The summed E-state index contributed by atoms with van der Waals surface area (Å²) >= 11 is 0. The highest BCUT2D eigenvalue weighted by Gasteiger charge is 2.15. The molecule has 0 aliphatic heterocycles. The molecule has 0 unspecified atom stereocenters. The van der Waals surface area contributed by atoms with Crippen LogP contribution >= 0.6 is 0 Å². The molecule has 0 fully saturated rings. The average Bonchev–Trinajstić information content (AvgIpc) is 3.11. The summed E-state index contributed by atoms with van der Waals surface area (Å²) in [7, 11) is 0. The molecule has 2 aromatic carbocycles. The molecule has 0 radical (unpaired) electrons. The lowest BCUT2D eigenvalue weighted by Gasteiger charge is -2.21. The van der Waals surface area contributed by atoms with Crippen molar-refractivity contribution >= 4 is 10.9 Å². The van der Waals surface area contributed by atoms with Gasteiger partial charge in [-0.25, -0.2) is 9.97 Å². The zero-order valence-corrected chi connectivity index (χ0v) is 16.5. The van der Waals surface area contributed by atoms with E-state index in [-0.39, 0.29) is 0 Å². The van der Waals surface area contributed by atoms with Crippen LogP contribution in [0.4, 0.5) is 0 Å². The van der Waals surface area contributed by atoms with Crippen molar-refractivity contribution in [3.05, 3.63) is 84.1 Å². The minimum atomic E-state index is 0.934. The Labute approximate surface area is 166 Å². The minimum absolute atomic E-state index is 0.934. The van der Waals surface area contributed by atoms with E-state index in [0.717, 1.165) is 37.2 Å². The standard InChI is InChI=1S/C24H26N4/c1-3-23-22(16-28(4-2)15-18-8-6-5-7-9-18)21-12-19(10-11-24(21)27-23)20-13-25-17-26-14-20/h5-14,17,27H,3-4,15-16H2,1-2H3. The maximum atomic E-state index is 4.17. The fourth-order valence-electron chi connectivity index (χ4n) is 3.76. The predicted molar refractivity (Wildman–Crippen MR) is 115 cm³/mol. The first-order chi connectivity index (χ1) is 13.8. The number of rotatable bonds is 7. The van der Waals surface area contributed by atoms with Gasteiger partial charge in [0.15, 0.2) is 0 Å². The van der Waals surface area contributed by atoms with Crippen LogP contribution in [0.5, 0.6) is 0 Å². The van der Waals surface area contributed by atoms with E-state index in [0.29, 0.717) is 0 Å². The van der Waals surface area contributed by atoms with Gasteiger partial charge < -0.3 is 4.98 Å². The molecule has 0 aliphatic carbocycles. The van der Waals surface area contributed by atoms with Crippen molar-refractivity contribution in [3.63, 3.8) is 0 Å². The Kier molecular flexibility index (Phi) is 5.49. The van der Waals surface area contributed by atoms with Crippen LogP contribution in [-0.4, -0.2) is 26.4 Å². The van der Waals surface area contributed by atoms with Crippen LogP contribution in [0.2, 0.25) is 0 Å². The summed E-state index contributed by atoms with van der Waals surface area (Å²) in [5.74, 6) is 0. The number of nitrogens with zero attached hydrogens (tertiary/aromatic N) is 3. The molecule has 142 valence electrons. The van der Waals surface area contributed by atoms with Gasteiger partial charge in [-0.15, -0.1) is 0 Å². The van der Waals surface area contributed by atoms with E-state index in [4.69, 9.17) is 0 Å². The van der Waals surface area contributed by atoms with Gasteiger partial charge in [0.2, 0.25) is 0 Å². The monoisotopic (exact) mass is 370 g/mol. The summed E-state index contributed by atoms with van der Waals surface area (Å²) in [4.78, 5) is 14.5. The number of aryl methyl sites for hydroxylation is 1. The lowest BCUT2D eigenvalue weighted by atomic mass is 10.0. The highest BCUT2D eigenvalue weighted by molar-refractivity contribution is 5.89. The second-order valence-electron chi connectivity index (χ2n) is 7.11. The molecule has 0 saturated heterocycles. The maximum absolute atomic E-state index is 4.17. The van der Waals surface area contributed by atoms with E-state index in [1.165, 1.54) is 27.7 Å². The fourth-order valence-corrected chi connectivity index (χ4v) is 3.76. The number of hydrogen-bond donors (Lipinski definition) is 1. The highest BCUT2D eigenvalue weighted by atomic mass is 15.1. The maximum Gasteiger partial charge on any atom is 0.115 e. The van der Waals surface area contributed by atoms with Gasteiger partial charge in [0.25, 0.3) is 0 Å². The van der Waals surface area contributed by atoms with Crippen LogP contribution in [0.3, 0.4) is 0 Å². The molecule has 0 atom stereocenters. The summed E-state index contributed by atoms with van der Waals surface area (Å²) in [6, 6.07) is 17.3. The Morgan fingerprint density at radius 2 is 1.68 bits per heavy atom. The van der Waals surface area contributed by atoms with Crippen LogP contribution in [0.15, 0.2) is 67.3 Å². The van der Waals surface area contributed by atoms with Gasteiger partial charge >= 0.3 is 0 Å². The number of aromatic amines is 1. The molecule has 0 spiro atoms. The molecule has 1 N–H and O–H groups in total. The van der Waals surface area contributed by atoms with E-state index in [1.54, 1.807) is 6.33 Å². The Morgan fingerprint density at radius 1 is 0.893 bits per heavy atom. The number of aromatic nitrogens is 3. The molecule has 4 heteroatoms. The number of hydrogen-bond acceptors (Lipinski definition) is 3. The van der Waals surface area contributed by atoms with E-state index in [9.17, 15) is 0 Å². The van der Waals surface area contributed by atoms with Gasteiger partial charge in [-0.1, -0.05) is 50.2 Å². The Balaban J connectivity index is 1.70. The molecule has 0 amide bonds. The van der Waals surface area contributed by atoms with Crippen LogP contribution in [0.1, 0.15) is 30.7 Å². The molecule has 28 heavy (non-hydrogen) atoms. The summed E-state index contributed by atoms with van der Waals surface area (Å²) in [6.07, 6.45) is 6.31. The van der Waals surface area contributed by atoms with Crippen molar-refractivity contribution in [2.45, 2.75) is 33.4 Å².